The van der Waals surface area contributed by atoms with Crippen LogP contribution in [0, 0.1) is 11.6 Å². The minimum absolute atomic E-state index is 0. The zero-order valence-electron chi connectivity index (χ0n) is 17.4. The number of halogens is 2. The number of fused-ring (bicyclic) bond motifs is 1. The lowest BCUT2D eigenvalue weighted by Gasteiger charge is -2.09. The molecule has 1 amide bonds. The van der Waals surface area contributed by atoms with Gasteiger partial charge in [0.2, 0.25) is 0 Å². The van der Waals surface area contributed by atoms with Crippen LogP contribution in [0.15, 0.2) is 46.8 Å². The molecule has 1 aromatic carbocycles. The van der Waals surface area contributed by atoms with E-state index in [2.05, 4.69) is 32.7 Å². The topological polar surface area (TPSA) is 106 Å². The van der Waals surface area contributed by atoms with E-state index in [1.165, 1.54) is 37.8 Å². The second-order valence-electron chi connectivity index (χ2n) is 7.44. The Morgan fingerprint density at radius 2 is 2.16 bits per heavy atom. The third kappa shape index (κ3) is 4.58. The zero-order valence-corrected chi connectivity index (χ0v) is 17.4. The lowest BCUT2D eigenvalue weighted by Crippen LogP contribution is -2.33. The van der Waals surface area contributed by atoms with Crippen molar-refractivity contribution in [3.63, 3.8) is 0 Å². The summed E-state index contributed by atoms with van der Waals surface area (Å²) in [5.74, 6) is 3.40. The predicted molar refractivity (Wildman–Crippen MR) is 118 cm³/mol. The van der Waals surface area contributed by atoms with Gasteiger partial charge in [-0.1, -0.05) is 6.07 Å². The van der Waals surface area contributed by atoms with Crippen LogP contribution < -0.4 is 15.9 Å². The number of pyridine rings is 1. The Labute approximate surface area is 184 Å². The number of ether oxygens (including phenoxy) is 1. The summed E-state index contributed by atoms with van der Waals surface area (Å²) in [7, 11) is 1.27. The molecule has 0 bridgehead atoms. The highest BCUT2D eigenvalue weighted by atomic mass is 19.1. The Balaban J connectivity index is 0.00000306. The number of nitrogens with zero attached hydrogens (tertiary/aromatic N) is 4. The van der Waals surface area contributed by atoms with Gasteiger partial charge in [-0.2, -0.15) is 5.10 Å². The maximum absolute atomic E-state index is 14.2. The first kappa shape index (κ1) is 21.4. The molecular weight excluding hydrogens is 418 g/mol. The van der Waals surface area contributed by atoms with Gasteiger partial charge in [-0.05, 0) is 42.5 Å². The van der Waals surface area contributed by atoms with Crippen LogP contribution in [-0.2, 0) is 17.9 Å². The van der Waals surface area contributed by atoms with E-state index in [-0.39, 0.29) is 25.0 Å². The summed E-state index contributed by atoms with van der Waals surface area (Å²) >= 11 is 0. The normalized spacial score (nSPS) is 14.3. The molecule has 0 saturated heterocycles. The maximum atomic E-state index is 14.2. The van der Waals surface area contributed by atoms with Crippen molar-refractivity contribution in [2.24, 2.45) is 15.9 Å². The van der Waals surface area contributed by atoms with Gasteiger partial charge in [0.1, 0.15) is 11.5 Å². The minimum Gasteiger partial charge on any atom is -0.494 e. The highest BCUT2D eigenvalue weighted by Gasteiger charge is 2.23. The number of rotatable bonds is 8. The SMILES string of the molecule is COc1ccc(F)c(CNC(=O)/C(C=NCc2cn3cc(C4CC4)ccc3n2)=N/N)c1F.[HH]. The molecule has 2 heterocycles. The highest BCUT2D eigenvalue weighted by Crippen LogP contribution is 2.39. The molecule has 2 aromatic heterocycles. The number of imidazole rings is 1. The Kier molecular flexibility index (Phi) is 6.11. The van der Waals surface area contributed by atoms with E-state index >= 15 is 0 Å². The number of aromatic nitrogens is 2. The smallest absolute Gasteiger partial charge is 0.273 e. The molecule has 168 valence electrons. The summed E-state index contributed by atoms with van der Waals surface area (Å²) in [5, 5.41) is 5.79. The summed E-state index contributed by atoms with van der Waals surface area (Å²) in [5.41, 5.74) is 2.30. The Morgan fingerprint density at radius 1 is 1.34 bits per heavy atom. The number of hydrogen-bond donors (Lipinski definition) is 2. The van der Waals surface area contributed by atoms with Gasteiger partial charge in [0.15, 0.2) is 17.3 Å². The number of carbonyl (C=O) groups excluding carboxylic acids is 1. The van der Waals surface area contributed by atoms with Crippen LogP contribution in [-0.4, -0.2) is 34.3 Å². The molecule has 0 aliphatic heterocycles. The molecule has 3 N–H and O–H groups in total. The number of nitrogens with two attached hydrogens (primary N) is 1. The average molecular weight is 442 g/mol. The molecule has 1 aliphatic carbocycles. The molecule has 4 rings (SSSR count). The number of hydrogen-bond acceptors (Lipinski definition) is 6. The minimum atomic E-state index is -0.885. The summed E-state index contributed by atoms with van der Waals surface area (Å²) in [6.07, 6.45) is 7.60. The van der Waals surface area contributed by atoms with E-state index in [0.717, 1.165) is 11.7 Å². The van der Waals surface area contributed by atoms with Gasteiger partial charge in [-0.15, -0.1) is 0 Å². The van der Waals surface area contributed by atoms with E-state index in [1.807, 2.05) is 16.7 Å². The van der Waals surface area contributed by atoms with Gasteiger partial charge < -0.3 is 20.3 Å². The molecule has 3 aromatic rings. The van der Waals surface area contributed by atoms with E-state index in [9.17, 15) is 13.6 Å². The van der Waals surface area contributed by atoms with Gasteiger partial charge in [0.25, 0.3) is 5.91 Å². The Bertz CT molecular complexity index is 1220. The first-order valence-corrected chi connectivity index (χ1v) is 10.0. The van der Waals surface area contributed by atoms with Gasteiger partial charge in [-0.3, -0.25) is 9.79 Å². The number of aliphatic imine (C=N–C) groups is 1. The van der Waals surface area contributed by atoms with Crippen molar-refractivity contribution >= 4 is 23.5 Å². The zero-order chi connectivity index (χ0) is 22.7. The Morgan fingerprint density at radius 3 is 2.88 bits per heavy atom. The van der Waals surface area contributed by atoms with Crippen molar-refractivity contribution in [1.82, 2.24) is 14.7 Å². The molecule has 1 fully saturated rings. The number of nitrogens with one attached hydrogen (secondary N) is 1. The quantitative estimate of drug-likeness (QED) is 0.318. The average Bonchev–Trinajstić information content (AvgIpc) is 3.56. The maximum Gasteiger partial charge on any atom is 0.273 e. The number of benzene rings is 1. The number of amides is 1. The van der Waals surface area contributed by atoms with Gasteiger partial charge in [-0.25, -0.2) is 13.8 Å². The van der Waals surface area contributed by atoms with E-state index in [4.69, 9.17) is 10.6 Å². The third-order valence-electron chi connectivity index (χ3n) is 5.21. The molecular formula is C22H24F2N6O2. The summed E-state index contributed by atoms with van der Waals surface area (Å²) in [4.78, 5) is 21.0. The summed E-state index contributed by atoms with van der Waals surface area (Å²) in [6.45, 7) is -0.192. The molecule has 0 unspecified atom stereocenters. The van der Waals surface area contributed by atoms with Crippen LogP contribution >= 0.6 is 0 Å². The van der Waals surface area contributed by atoms with E-state index in [0.29, 0.717) is 11.6 Å². The number of carbonyl (C=O) groups is 1. The van der Waals surface area contributed by atoms with E-state index < -0.39 is 24.1 Å². The van der Waals surface area contributed by atoms with Gasteiger partial charge in [0.05, 0.1) is 25.6 Å². The van der Waals surface area contributed by atoms with Crippen molar-refractivity contribution < 1.29 is 19.7 Å². The Hall–Kier alpha value is -3.82. The van der Waals surface area contributed by atoms with Crippen LogP contribution in [0.25, 0.3) is 5.65 Å². The van der Waals surface area contributed by atoms with Crippen LogP contribution in [0.1, 0.15) is 37.0 Å². The molecule has 1 aliphatic rings. The van der Waals surface area contributed by atoms with Crippen molar-refractivity contribution in [2.45, 2.75) is 31.8 Å². The van der Waals surface area contributed by atoms with Crippen LogP contribution in [0.5, 0.6) is 5.75 Å². The van der Waals surface area contributed by atoms with Crippen LogP contribution in [0.2, 0.25) is 0 Å². The largest absolute Gasteiger partial charge is 0.494 e. The monoisotopic (exact) mass is 442 g/mol. The molecule has 0 radical (unpaired) electrons. The number of hydrazone groups is 1. The molecule has 0 spiro atoms. The third-order valence-corrected chi connectivity index (χ3v) is 5.21. The van der Waals surface area contributed by atoms with Gasteiger partial charge in [0, 0.05) is 25.9 Å². The van der Waals surface area contributed by atoms with Crippen molar-refractivity contribution in [3.05, 3.63) is 65.1 Å². The predicted octanol–water partition coefficient (Wildman–Crippen LogP) is 2.95. The van der Waals surface area contributed by atoms with E-state index in [1.54, 1.807) is 0 Å². The molecule has 0 atom stereocenters. The summed E-state index contributed by atoms with van der Waals surface area (Å²) in [6, 6.07) is 6.29. The number of methoxy groups -OCH3 is 1. The molecule has 8 nitrogen and oxygen atoms in total. The molecule has 32 heavy (non-hydrogen) atoms. The second-order valence-corrected chi connectivity index (χ2v) is 7.44. The fourth-order valence-corrected chi connectivity index (χ4v) is 3.33. The highest BCUT2D eigenvalue weighted by molar-refractivity contribution is 6.60. The lowest BCUT2D eigenvalue weighted by atomic mass is 10.1. The van der Waals surface area contributed by atoms with Crippen molar-refractivity contribution in [2.75, 3.05) is 7.11 Å². The van der Waals surface area contributed by atoms with Crippen LogP contribution in [0.4, 0.5) is 8.78 Å². The van der Waals surface area contributed by atoms with Crippen LogP contribution in [0.3, 0.4) is 0 Å². The molecule has 1 saturated carbocycles. The second kappa shape index (κ2) is 9.13. The fraction of sp³-hybridized carbons (Fsp3) is 0.273. The first-order valence-electron chi connectivity index (χ1n) is 10.0. The first-order chi connectivity index (χ1) is 15.5. The van der Waals surface area contributed by atoms with Gasteiger partial charge >= 0.3 is 0 Å². The lowest BCUT2D eigenvalue weighted by molar-refractivity contribution is -0.114. The van der Waals surface area contributed by atoms with Crippen molar-refractivity contribution in [1.29, 1.82) is 0 Å². The fourth-order valence-electron chi connectivity index (χ4n) is 3.33. The molecule has 10 heteroatoms. The standard InChI is InChI=1S/C22H22F2N6O2.H2/c1-32-19-6-5-17(23)16(21(19)24)9-27-22(31)18(29-25)10-26-8-15-12-30-11-14(13-2-3-13)4-7-20(30)28-15;/h4-7,10-13H,2-3,8-9,25H2,1H3,(H,27,31);1H/b26-10?,29-18+;. The van der Waals surface area contributed by atoms with Crippen molar-refractivity contribution in [3.8, 4) is 5.75 Å². The summed E-state index contributed by atoms with van der Waals surface area (Å²) < 4.78 is 34.9.